The van der Waals surface area contributed by atoms with E-state index in [9.17, 15) is 31.7 Å². The van der Waals surface area contributed by atoms with Gasteiger partial charge in [0, 0.05) is 24.2 Å². The lowest BCUT2D eigenvalue weighted by Crippen LogP contribution is -2.36. The molecular weight excluding hydrogens is 454 g/mol. The van der Waals surface area contributed by atoms with E-state index in [1.54, 1.807) is 0 Å². The molecule has 0 bridgehead atoms. The molecule has 2 aromatic rings. The number of nitrogens with zero attached hydrogens (tertiary/aromatic N) is 2. The zero-order valence-corrected chi connectivity index (χ0v) is 18.3. The molecule has 0 atom stereocenters. The van der Waals surface area contributed by atoms with Crippen molar-refractivity contribution >= 4 is 37.5 Å². The Labute approximate surface area is 178 Å². The lowest BCUT2D eigenvalue weighted by atomic mass is 10.1. The number of carbonyl (C=O) groups excluding carboxylic acids is 1. The van der Waals surface area contributed by atoms with Crippen LogP contribution in [0.25, 0.3) is 0 Å². The number of nitro benzene ring substituents is 1. The van der Waals surface area contributed by atoms with Gasteiger partial charge in [0.05, 0.1) is 30.2 Å². The van der Waals surface area contributed by atoms with E-state index in [1.807, 2.05) is 0 Å². The summed E-state index contributed by atoms with van der Waals surface area (Å²) in [5.74, 6) is 0.328. The van der Waals surface area contributed by atoms with Gasteiger partial charge in [-0.25, -0.2) is 21.6 Å². The van der Waals surface area contributed by atoms with Crippen LogP contribution in [0.5, 0.6) is 11.5 Å². The third-order valence-electron chi connectivity index (χ3n) is 3.77. The summed E-state index contributed by atoms with van der Waals surface area (Å²) in [5, 5.41) is 13.0. The zero-order valence-electron chi connectivity index (χ0n) is 16.6. The third-order valence-corrected chi connectivity index (χ3v) is 6.99. The van der Waals surface area contributed by atoms with Gasteiger partial charge in [0.25, 0.3) is 5.69 Å². The number of benzene rings is 2. The fourth-order valence-corrected chi connectivity index (χ4v) is 5.60. The smallest absolute Gasteiger partial charge is 0.412 e. The summed E-state index contributed by atoms with van der Waals surface area (Å²) >= 11 is 0. The molecular formula is C17H19N3O9S2. The highest BCUT2D eigenvalue weighted by molar-refractivity contribution is 8.09. The molecule has 0 unspecified atom stereocenters. The molecule has 0 aliphatic heterocycles. The first kappa shape index (κ1) is 23.9. The van der Waals surface area contributed by atoms with Gasteiger partial charge in [0.1, 0.15) is 11.5 Å². The third kappa shape index (κ3) is 6.29. The lowest BCUT2D eigenvalue weighted by molar-refractivity contribution is -0.384. The number of anilines is 1. The number of methoxy groups -OCH3 is 1. The van der Waals surface area contributed by atoms with E-state index in [-0.39, 0.29) is 32.9 Å². The molecule has 1 amide bonds. The molecule has 0 heterocycles. The number of rotatable bonds is 8. The van der Waals surface area contributed by atoms with Crippen molar-refractivity contribution in [2.45, 2.75) is 6.54 Å². The number of hydrogen-bond acceptors (Lipinski definition) is 9. The minimum Gasteiger partial charge on any atom is -0.497 e. The normalized spacial score (nSPS) is 11.5. The van der Waals surface area contributed by atoms with Gasteiger partial charge in [0.2, 0.25) is 20.0 Å². The second-order valence-corrected chi connectivity index (χ2v) is 10.1. The number of hydrogen-bond donors (Lipinski definition) is 1. The van der Waals surface area contributed by atoms with Crippen molar-refractivity contribution in [1.29, 1.82) is 0 Å². The Morgan fingerprint density at radius 1 is 1.03 bits per heavy atom. The molecule has 31 heavy (non-hydrogen) atoms. The molecule has 0 saturated heterocycles. The number of nitrogens with one attached hydrogen (secondary N) is 1. The first-order valence-electron chi connectivity index (χ1n) is 8.40. The predicted octanol–water partition coefficient (Wildman–Crippen LogP) is 1.62. The van der Waals surface area contributed by atoms with Gasteiger partial charge in [-0.05, 0) is 30.3 Å². The van der Waals surface area contributed by atoms with Crippen LogP contribution in [-0.4, -0.2) is 47.5 Å². The van der Waals surface area contributed by atoms with Crippen LogP contribution in [0.15, 0.2) is 42.5 Å². The van der Waals surface area contributed by atoms with Gasteiger partial charge >= 0.3 is 6.09 Å². The van der Waals surface area contributed by atoms with Crippen molar-refractivity contribution in [2.75, 3.05) is 23.3 Å². The highest BCUT2D eigenvalue weighted by Crippen LogP contribution is 2.29. The Balaban J connectivity index is 2.27. The molecule has 0 spiro atoms. The number of amides is 1. The molecule has 2 aromatic carbocycles. The molecule has 0 radical (unpaired) electrons. The molecule has 0 aliphatic rings. The van der Waals surface area contributed by atoms with E-state index in [0.29, 0.717) is 5.75 Å². The minimum atomic E-state index is -4.21. The summed E-state index contributed by atoms with van der Waals surface area (Å²) in [7, 11) is -7.06. The van der Waals surface area contributed by atoms with Gasteiger partial charge in [-0.3, -0.25) is 10.1 Å². The van der Waals surface area contributed by atoms with Gasteiger partial charge in [-0.15, -0.1) is 0 Å². The molecule has 0 saturated carbocycles. The van der Waals surface area contributed by atoms with Crippen molar-refractivity contribution < 1.29 is 36.0 Å². The van der Waals surface area contributed by atoms with Gasteiger partial charge in [-0.2, -0.15) is 3.71 Å². The topological polar surface area (TPSA) is 162 Å². The maximum absolute atomic E-state index is 12.1. The molecule has 2 rings (SSSR count). The summed E-state index contributed by atoms with van der Waals surface area (Å²) in [4.78, 5) is 22.1. The van der Waals surface area contributed by atoms with E-state index in [0.717, 1.165) is 24.6 Å². The number of sulfonamides is 2. The van der Waals surface area contributed by atoms with E-state index >= 15 is 0 Å². The van der Waals surface area contributed by atoms with E-state index in [1.165, 1.54) is 37.4 Å². The second-order valence-electron chi connectivity index (χ2n) is 6.21. The van der Waals surface area contributed by atoms with E-state index in [4.69, 9.17) is 9.47 Å². The highest BCUT2D eigenvalue weighted by Gasteiger charge is 2.29. The highest BCUT2D eigenvalue weighted by atomic mass is 32.3. The summed E-state index contributed by atoms with van der Waals surface area (Å²) in [6.07, 6.45) is 0.518. The molecule has 12 nitrogen and oxygen atoms in total. The number of nitro groups is 1. The first-order valence-corrected chi connectivity index (χ1v) is 12.1. The standard InChI is InChI=1S/C17H19N3O9S2/c1-28-15-8-9-16(20(30(2,24)25)31(3,26)27)12(10-15)11-18-17(21)29-14-6-4-13(5-7-14)19(22)23/h4-10H,11H2,1-3H3,(H,18,21). The summed E-state index contributed by atoms with van der Waals surface area (Å²) in [6, 6.07) is 8.73. The monoisotopic (exact) mass is 473 g/mol. The Morgan fingerprint density at radius 2 is 1.58 bits per heavy atom. The average molecular weight is 473 g/mol. The molecule has 168 valence electrons. The second kappa shape index (κ2) is 9.18. The van der Waals surface area contributed by atoms with Crippen LogP contribution >= 0.6 is 0 Å². The Hall–Kier alpha value is -3.39. The molecule has 14 heteroatoms. The minimum absolute atomic E-state index is 0.0304. The Bertz CT molecular complexity index is 1160. The van der Waals surface area contributed by atoms with E-state index < -0.39 is 31.1 Å². The fraction of sp³-hybridized carbons (Fsp3) is 0.235. The van der Waals surface area contributed by atoms with Crippen LogP contribution in [-0.2, 0) is 26.6 Å². The summed E-state index contributed by atoms with van der Waals surface area (Å²) < 4.78 is 58.7. The average Bonchev–Trinajstić information content (AvgIpc) is 2.65. The SMILES string of the molecule is COc1ccc(N(S(C)(=O)=O)S(C)(=O)=O)c(CNC(=O)Oc2ccc([N+](=O)[O-])cc2)c1. The summed E-state index contributed by atoms with van der Waals surface area (Å²) in [5.41, 5.74) is -0.257. The van der Waals surface area contributed by atoms with Gasteiger partial charge in [-0.1, -0.05) is 0 Å². The summed E-state index contributed by atoms with van der Waals surface area (Å²) in [6.45, 7) is -0.306. The van der Waals surface area contributed by atoms with Crippen molar-refractivity contribution in [2.24, 2.45) is 0 Å². The maximum atomic E-state index is 12.1. The van der Waals surface area contributed by atoms with Crippen LogP contribution in [0.4, 0.5) is 16.2 Å². The van der Waals surface area contributed by atoms with Crippen LogP contribution in [0, 0.1) is 10.1 Å². The van der Waals surface area contributed by atoms with Crippen molar-refractivity contribution in [3.05, 3.63) is 58.1 Å². The largest absolute Gasteiger partial charge is 0.497 e. The first-order chi connectivity index (χ1) is 14.3. The molecule has 0 aromatic heterocycles. The van der Waals surface area contributed by atoms with Gasteiger partial charge in [0.15, 0.2) is 0 Å². The van der Waals surface area contributed by atoms with E-state index in [2.05, 4.69) is 5.32 Å². The Morgan fingerprint density at radius 3 is 2.06 bits per heavy atom. The number of ether oxygens (including phenoxy) is 2. The van der Waals surface area contributed by atoms with Crippen LogP contribution < -0.4 is 18.5 Å². The van der Waals surface area contributed by atoms with Crippen molar-refractivity contribution in [1.82, 2.24) is 5.32 Å². The maximum Gasteiger partial charge on any atom is 0.412 e. The molecule has 0 aliphatic carbocycles. The van der Waals surface area contributed by atoms with Crippen LogP contribution in [0.1, 0.15) is 5.56 Å². The van der Waals surface area contributed by atoms with Gasteiger partial charge < -0.3 is 14.8 Å². The van der Waals surface area contributed by atoms with Crippen molar-refractivity contribution in [3.63, 3.8) is 0 Å². The number of non-ortho nitro benzene ring substituents is 1. The lowest BCUT2D eigenvalue weighted by Gasteiger charge is -2.23. The van der Waals surface area contributed by atoms with Crippen molar-refractivity contribution in [3.8, 4) is 11.5 Å². The predicted molar refractivity (Wildman–Crippen MR) is 111 cm³/mol. The molecule has 1 N–H and O–H groups in total. The molecule has 0 fully saturated rings. The Kier molecular flexibility index (Phi) is 7.07. The zero-order chi connectivity index (χ0) is 23.4. The quantitative estimate of drug-likeness (QED) is 0.443. The fourth-order valence-electron chi connectivity index (χ4n) is 2.56. The van der Waals surface area contributed by atoms with Crippen LogP contribution in [0.3, 0.4) is 0 Å². The number of carbonyl (C=O) groups is 1. The van der Waals surface area contributed by atoms with Crippen LogP contribution in [0.2, 0.25) is 0 Å².